The summed E-state index contributed by atoms with van der Waals surface area (Å²) in [4.78, 5) is 1.02. The van der Waals surface area contributed by atoms with Crippen LogP contribution in [0.15, 0.2) is 40.2 Å². The molecule has 0 saturated carbocycles. The van der Waals surface area contributed by atoms with Crippen LogP contribution in [0.2, 0.25) is 0 Å². The third kappa shape index (κ3) is 2.52. The Hall–Kier alpha value is -1.55. The summed E-state index contributed by atoms with van der Waals surface area (Å²) in [6.07, 6.45) is 0. The highest BCUT2D eigenvalue weighted by Gasteiger charge is 1.95. The molecule has 2 rings (SSSR count). The average molecular weight is 288 g/mol. The van der Waals surface area contributed by atoms with Gasteiger partial charge in [0.05, 0.1) is 16.5 Å². The molecule has 0 aliphatic carbocycles. The van der Waals surface area contributed by atoms with Crippen molar-refractivity contribution in [3.05, 3.63) is 56.2 Å². The van der Waals surface area contributed by atoms with Gasteiger partial charge in [-0.3, -0.25) is 0 Å². The fraction of sp³-hybridized carbons (Fsp3) is 0. The number of hydrogen-bond acceptors (Lipinski definition) is 2. The zero-order chi connectivity index (χ0) is 11.4. The van der Waals surface area contributed by atoms with Crippen LogP contribution in [0.3, 0.4) is 0 Å². The summed E-state index contributed by atoms with van der Waals surface area (Å²) in [5.41, 5.74) is 1.57. The van der Waals surface area contributed by atoms with Crippen LogP contribution in [-0.2, 0) is 0 Å². The van der Waals surface area contributed by atoms with E-state index < -0.39 is 0 Å². The second kappa shape index (κ2) is 4.99. The van der Waals surface area contributed by atoms with Gasteiger partial charge in [0.1, 0.15) is 0 Å². The van der Waals surface area contributed by atoms with E-state index >= 15 is 0 Å². The Bertz CT molecular complexity index is 593. The minimum Gasteiger partial charge on any atom is -0.192 e. The Labute approximate surface area is 106 Å². The minimum atomic E-state index is 0.655. The lowest BCUT2D eigenvalue weighted by atomic mass is 10.1. The van der Waals surface area contributed by atoms with E-state index in [-0.39, 0.29) is 0 Å². The molecule has 0 unspecified atom stereocenters. The second-order valence-corrected chi connectivity index (χ2v) is 4.81. The van der Waals surface area contributed by atoms with Gasteiger partial charge in [-0.25, -0.2) is 0 Å². The predicted molar refractivity (Wildman–Crippen MR) is 69.2 cm³/mol. The molecular formula is C13H6BrNS. The predicted octanol–water partition coefficient (Wildman–Crippen LogP) is 3.78. The first-order valence-corrected chi connectivity index (χ1v) is 6.22. The highest BCUT2D eigenvalue weighted by Crippen LogP contribution is 2.21. The van der Waals surface area contributed by atoms with Gasteiger partial charge in [-0.1, -0.05) is 5.92 Å². The maximum Gasteiger partial charge on any atom is 0.0991 e. The van der Waals surface area contributed by atoms with E-state index in [2.05, 4.69) is 33.8 Å². The second-order valence-electron chi connectivity index (χ2n) is 3.04. The smallest absolute Gasteiger partial charge is 0.0991 e. The first-order valence-electron chi connectivity index (χ1n) is 4.55. The zero-order valence-corrected chi connectivity index (χ0v) is 10.6. The normalized spacial score (nSPS) is 9.00. The Morgan fingerprint density at radius 2 is 1.69 bits per heavy atom. The third-order valence-corrected chi connectivity index (χ3v) is 3.70. The van der Waals surface area contributed by atoms with Crippen LogP contribution in [0, 0.1) is 23.2 Å². The molecule has 1 aromatic heterocycles. The van der Waals surface area contributed by atoms with E-state index in [1.807, 2.05) is 23.6 Å². The van der Waals surface area contributed by atoms with Gasteiger partial charge in [-0.05, 0) is 57.6 Å². The van der Waals surface area contributed by atoms with E-state index in [1.54, 1.807) is 23.5 Å². The van der Waals surface area contributed by atoms with Gasteiger partial charge < -0.3 is 0 Å². The van der Waals surface area contributed by atoms with Crippen molar-refractivity contribution in [3.63, 3.8) is 0 Å². The van der Waals surface area contributed by atoms with Crippen molar-refractivity contribution in [2.24, 2.45) is 0 Å². The maximum absolute atomic E-state index is 8.65. The summed E-state index contributed by atoms with van der Waals surface area (Å²) in [6, 6.07) is 11.3. The first-order chi connectivity index (χ1) is 7.79. The van der Waals surface area contributed by atoms with Gasteiger partial charge >= 0.3 is 0 Å². The monoisotopic (exact) mass is 287 g/mol. The molecule has 2 aromatic rings. The molecule has 0 spiro atoms. The first kappa shape index (κ1) is 11.0. The summed E-state index contributed by atoms with van der Waals surface area (Å²) in [5, 5.41) is 10.6. The van der Waals surface area contributed by atoms with E-state index in [0.29, 0.717) is 5.56 Å². The van der Waals surface area contributed by atoms with Crippen LogP contribution < -0.4 is 0 Å². The summed E-state index contributed by atoms with van der Waals surface area (Å²) in [7, 11) is 0. The van der Waals surface area contributed by atoms with Crippen LogP contribution in [0.5, 0.6) is 0 Å². The molecule has 1 aromatic carbocycles. The number of halogens is 1. The number of rotatable bonds is 0. The van der Waals surface area contributed by atoms with Gasteiger partial charge in [0, 0.05) is 10.0 Å². The Kier molecular flexibility index (Phi) is 3.41. The molecule has 0 saturated heterocycles. The number of nitrogens with zero attached hydrogens (tertiary/aromatic N) is 1. The van der Waals surface area contributed by atoms with Crippen molar-refractivity contribution < 1.29 is 0 Å². The summed E-state index contributed by atoms with van der Waals surface area (Å²) in [5.74, 6) is 6.15. The van der Waals surface area contributed by atoms with E-state index in [1.165, 1.54) is 0 Å². The molecule has 76 valence electrons. The Morgan fingerprint density at radius 1 is 1.00 bits per heavy atom. The lowest BCUT2D eigenvalue weighted by Crippen LogP contribution is -1.76. The molecule has 0 N–H and O–H groups in total. The van der Waals surface area contributed by atoms with Crippen LogP contribution in [0.1, 0.15) is 16.0 Å². The molecular weight excluding hydrogens is 282 g/mol. The number of hydrogen-bond donors (Lipinski definition) is 0. The molecule has 0 radical (unpaired) electrons. The molecule has 0 fully saturated rings. The molecule has 3 heteroatoms. The quantitative estimate of drug-likeness (QED) is 0.677. The molecule has 0 amide bonds. The Morgan fingerprint density at radius 3 is 2.25 bits per heavy atom. The van der Waals surface area contributed by atoms with Crippen LogP contribution in [0.4, 0.5) is 0 Å². The lowest BCUT2D eigenvalue weighted by Gasteiger charge is -1.89. The maximum atomic E-state index is 8.65. The molecule has 0 bridgehead atoms. The highest BCUT2D eigenvalue weighted by molar-refractivity contribution is 9.10. The molecule has 0 aliphatic heterocycles. The number of benzene rings is 1. The SMILES string of the molecule is N#Cc1ccc(C#Cc2sccc2Br)cc1. The van der Waals surface area contributed by atoms with Crippen molar-refractivity contribution in [2.45, 2.75) is 0 Å². The fourth-order valence-corrected chi connectivity index (χ4v) is 2.46. The third-order valence-electron chi connectivity index (χ3n) is 1.95. The summed E-state index contributed by atoms with van der Waals surface area (Å²) >= 11 is 5.03. The Balaban J connectivity index is 2.25. The van der Waals surface area contributed by atoms with Crippen molar-refractivity contribution >= 4 is 27.3 Å². The van der Waals surface area contributed by atoms with E-state index in [9.17, 15) is 0 Å². The number of thiophene rings is 1. The topological polar surface area (TPSA) is 23.8 Å². The van der Waals surface area contributed by atoms with Crippen molar-refractivity contribution in [1.82, 2.24) is 0 Å². The molecule has 1 heterocycles. The minimum absolute atomic E-state index is 0.655. The molecule has 0 aliphatic rings. The van der Waals surface area contributed by atoms with Crippen molar-refractivity contribution in [2.75, 3.05) is 0 Å². The van der Waals surface area contributed by atoms with Crippen molar-refractivity contribution in [1.29, 1.82) is 5.26 Å². The summed E-state index contributed by atoms with van der Waals surface area (Å²) in [6.45, 7) is 0. The van der Waals surface area contributed by atoms with Gasteiger partial charge in [0.2, 0.25) is 0 Å². The van der Waals surface area contributed by atoms with Gasteiger partial charge in [0.15, 0.2) is 0 Å². The van der Waals surface area contributed by atoms with Crippen molar-refractivity contribution in [3.8, 4) is 17.9 Å². The average Bonchev–Trinajstić information content (AvgIpc) is 2.73. The van der Waals surface area contributed by atoms with Gasteiger partial charge in [-0.2, -0.15) is 5.26 Å². The fourth-order valence-electron chi connectivity index (χ4n) is 1.14. The summed E-state index contributed by atoms with van der Waals surface area (Å²) < 4.78 is 1.03. The molecule has 1 nitrogen and oxygen atoms in total. The number of nitriles is 1. The molecule has 16 heavy (non-hydrogen) atoms. The van der Waals surface area contributed by atoms with Crippen LogP contribution >= 0.6 is 27.3 Å². The highest BCUT2D eigenvalue weighted by atomic mass is 79.9. The van der Waals surface area contributed by atoms with Gasteiger partial charge in [-0.15, -0.1) is 11.3 Å². The largest absolute Gasteiger partial charge is 0.192 e. The van der Waals surface area contributed by atoms with Crippen LogP contribution in [-0.4, -0.2) is 0 Å². The standard InChI is InChI=1S/C13H6BrNS/c14-12-7-8-16-13(12)6-5-10-1-3-11(9-15)4-2-10/h1-4,7-8H. The zero-order valence-electron chi connectivity index (χ0n) is 8.20. The lowest BCUT2D eigenvalue weighted by molar-refractivity contribution is 1.48. The molecule has 0 atom stereocenters. The van der Waals surface area contributed by atoms with Crippen LogP contribution in [0.25, 0.3) is 0 Å². The van der Waals surface area contributed by atoms with E-state index in [4.69, 9.17) is 5.26 Å². The van der Waals surface area contributed by atoms with E-state index in [0.717, 1.165) is 14.9 Å². The van der Waals surface area contributed by atoms with Gasteiger partial charge in [0.25, 0.3) is 0 Å².